The molecule has 0 aromatic rings. The highest BCUT2D eigenvalue weighted by Gasteiger charge is 2.14. The van der Waals surface area contributed by atoms with Gasteiger partial charge in [-0.1, -0.05) is 26.7 Å². The van der Waals surface area contributed by atoms with Crippen LogP contribution in [0.4, 0.5) is 0 Å². The summed E-state index contributed by atoms with van der Waals surface area (Å²) in [5.74, 6) is 0.804. The third-order valence-electron chi connectivity index (χ3n) is 2.83. The van der Waals surface area contributed by atoms with Crippen LogP contribution in [0.1, 0.15) is 46.0 Å². The van der Waals surface area contributed by atoms with Crippen molar-refractivity contribution in [3.05, 3.63) is 0 Å². The van der Waals surface area contributed by atoms with Crippen LogP contribution < -0.4 is 5.32 Å². The molecule has 1 aliphatic carbocycles. The van der Waals surface area contributed by atoms with E-state index in [0.29, 0.717) is 6.10 Å². The Labute approximate surface area is 88.4 Å². The number of nitrogens with one attached hydrogen (secondary N) is 1. The lowest BCUT2D eigenvalue weighted by atomic mass is 10.1. The maximum atomic E-state index is 5.75. The quantitative estimate of drug-likeness (QED) is 0.636. The first kappa shape index (κ1) is 12.0. The minimum absolute atomic E-state index is 0.571. The van der Waals surface area contributed by atoms with E-state index in [2.05, 4.69) is 19.2 Å². The Hall–Kier alpha value is -0.0800. The largest absolute Gasteiger partial charge is 0.377 e. The molecule has 84 valence electrons. The number of rotatable bonds is 7. The van der Waals surface area contributed by atoms with E-state index in [0.717, 1.165) is 25.6 Å². The van der Waals surface area contributed by atoms with Gasteiger partial charge in [-0.15, -0.1) is 0 Å². The fraction of sp³-hybridized carbons (Fsp3) is 1.00. The van der Waals surface area contributed by atoms with Gasteiger partial charge in [0.15, 0.2) is 0 Å². The molecular weight excluding hydrogens is 174 g/mol. The molecule has 0 radical (unpaired) electrons. The predicted octanol–water partition coefficient (Wildman–Crippen LogP) is 2.58. The normalized spacial score (nSPS) is 18.2. The summed E-state index contributed by atoms with van der Waals surface area (Å²) in [6, 6.07) is 0. The molecule has 2 heteroatoms. The number of hydrogen-bond donors (Lipinski definition) is 1. The Morgan fingerprint density at radius 3 is 2.57 bits per heavy atom. The Morgan fingerprint density at radius 2 is 1.93 bits per heavy atom. The first-order chi connectivity index (χ1) is 6.79. The molecule has 0 bridgehead atoms. The summed E-state index contributed by atoms with van der Waals surface area (Å²) in [7, 11) is 0. The van der Waals surface area contributed by atoms with Gasteiger partial charge in [-0.3, -0.25) is 0 Å². The van der Waals surface area contributed by atoms with Gasteiger partial charge in [-0.2, -0.15) is 0 Å². The predicted molar refractivity (Wildman–Crippen MR) is 60.5 cm³/mol. The molecule has 14 heavy (non-hydrogen) atoms. The van der Waals surface area contributed by atoms with Crippen molar-refractivity contribution in [3.8, 4) is 0 Å². The summed E-state index contributed by atoms with van der Waals surface area (Å²) >= 11 is 0. The van der Waals surface area contributed by atoms with E-state index in [9.17, 15) is 0 Å². The SMILES string of the molecule is CC(C)CCNCCOC1CCCC1. The smallest absolute Gasteiger partial charge is 0.0594 e. The van der Waals surface area contributed by atoms with Crippen molar-refractivity contribution >= 4 is 0 Å². The van der Waals surface area contributed by atoms with Gasteiger partial charge >= 0.3 is 0 Å². The highest BCUT2D eigenvalue weighted by atomic mass is 16.5. The van der Waals surface area contributed by atoms with Crippen molar-refractivity contribution in [2.75, 3.05) is 19.7 Å². The highest BCUT2D eigenvalue weighted by molar-refractivity contribution is 4.66. The summed E-state index contributed by atoms with van der Waals surface area (Å²) < 4.78 is 5.75. The molecule has 0 saturated heterocycles. The van der Waals surface area contributed by atoms with Crippen LogP contribution in [0.25, 0.3) is 0 Å². The zero-order valence-corrected chi connectivity index (χ0v) is 9.72. The van der Waals surface area contributed by atoms with Gasteiger partial charge in [0, 0.05) is 6.54 Å². The molecule has 1 saturated carbocycles. The van der Waals surface area contributed by atoms with Crippen LogP contribution in [0, 0.1) is 5.92 Å². The summed E-state index contributed by atoms with van der Waals surface area (Å²) in [4.78, 5) is 0. The van der Waals surface area contributed by atoms with E-state index >= 15 is 0 Å². The molecular formula is C12H25NO. The van der Waals surface area contributed by atoms with Crippen LogP contribution in [0.15, 0.2) is 0 Å². The van der Waals surface area contributed by atoms with Crippen LogP contribution >= 0.6 is 0 Å². The zero-order chi connectivity index (χ0) is 10.2. The summed E-state index contributed by atoms with van der Waals surface area (Å²) in [6.07, 6.45) is 7.14. The van der Waals surface area contributed by atoms with Crippen molar-refractivity contribution in [2.45, 2.75) is 52.1 Å². The molecule has 1 rings (SSSR count). The van der Waals surface area contributed by atoms with Gasteiger partial charge in [0.05, 0.1) is 12.7 Å². The van der Waals surface area contributed by atoms with Crippen LogP contribution in [0.5, 0.6) is 0 Å². The molecule has 0 unspecified atom stereocenters. The number of ether oxygens (including phenoxy) is 1. The number of hydrogen-bond acceptors (Lipinski definition) is 2. The Kier molecular flexibility index (Phi) is 6.20. The second kappa shape index (κ2) is 7.24. The van der Waals surface area contributed by atoms with Crippen LogP contribution in [0.2, 0.25) is 0 Å². The average molecular weight is 199 g/mol. The average Bonchev–Trinajstić information content (AvgIpc) is 2.63. The maximum absolute atomic E-state index is 5.75. The first-order valence-corrected chi connectivity index (χ1v) is 6.11. The van der Waals surface area contributed by atoms with Gasteiger partial charge < -0.3 is 10.1 Å². The summed E-state index contributed by atoms with van der Waals surface area (Å²) in [6.45, 7) is 7.56. The molecule has 0 spiro atoms. The summed E-state index contributed by atoms with van der Waals surface area (Å²) in [5, 5.41) is 3.42. The van der Waals surface area contributed by atoms with Crippen LogP contribution in [0.3, 0.4) is 0 Å². The van der Waals surface area contributed by atoms with E-state index in [1.165, 1.54) is 32.1 Å². The second-order valence-corrected chi connectivity index (χ2v) is 4.71. The maximum Gasteiger partial charge on any atom is 0.0594 e. The molecule has 0 aromatic heterocycles. The molecule has 0 aromatic carbocycles. The van der Waals surface area contributed by atoms with Gasteiger partial charge in [0.1, 0.15) is 0 Å². The van der Waals surface area contributed by atoms with E-state index in [4.69, 9.17) is 4.74 Å². The standard InChI is InChI=1S/C12H25NO/c1-11(2)7-8-13-9-10-14-12-5-3-4-6-12/h11-13H,3-10H2,1-2H3. The van der Waals surface area contributed by atoms with Crippen molar-refractivity contribution in [2.24, 2.45) is 5.92 Å². The lowest BCUT2D eigenvalue weighted by molar-refractivity contribution is 0.0603. The molecule has 2 nitrogen and oxygen atoms in total. The lowest BCUT2D eigenvalue weighted by Gasteiger charge is -2.11. The summed E-state index contributed by atoms with van der Waals surface area (Å²) in [5.41, 5.74) is 0. The topological polar surface area (TPSA) is 21.3 Å². The van der Waals surface area contributed by atoms with Crippen molar-refractivity contribution < 1.29 is 4.74 Å². The van der Waals surface area contributed by atoms with Crippen molar-refractivity contribution in [1.29, 1.82) is 0 Å². The molecule has 0 amide bonds. The van der Waals surface area contributed by atoms with Crippen LogP contribution in [-0.4, -0.2) is 25.8 Å². The lowest BCUT2D eigenvalue weighted by Crippen LogP contribution is -2.23. The van der Waals surface area contributed by atoms with Crippen LogP contribution in [-0.2, 0) is 4.74 Å². The fourth-order valence-corrected chi connectivity index (χ4v) is 1.87. The second-order valence-electron chi connectivity index (χ2n) is 4.71. The van der Waals surface area contributed by atoms with E-state index in [1.54, 1.807) is 0 Å². The van der Waals surface area contributed by atoms with E-state index in [-0.39, 0.29) is 0 Å². The highest BCUT2D eigenvalue weighted by Crippen LogP contribution is 2.20. The molecule has 1 aliphatic rings. The van der Waals surface area contributed by atoms with Crippen molar-refractivity contribution in [3.63, 3.8) is 0 Å². The Morgan fingerprint density at radius 1 is 1.21 bits per heavy atom. The third kappa shape index (κ3) is 5.61. The monoisotopic (exact) mass is 199 g/mol. The van der Waals surface area contributed by atoms with Crippen molar-refractivity contribution in [1.82, 2.24) is 5.32 Å². The van der Waals surface area contributed by atoms with Gasteiger partial charge in [-0.05, 0) is 31.7 Å². The zero-order valence-electron chi connectivity index (χ0n) is 9.72. The molecule has 0 atom stereocenters. The molecule has 0 aliphatic heterocycles. The van der Waals surface area contributed by atoms with Gasteiger partial charge in [-0.25, -0.2) is 0 Å². The fourth-order valence-electron chi connectivity index (χ4n) is 1.87. The molecule has 1 N–H and O–H groups in total. The first-order valence-electron chi connectivity index (χ1n) is 6.11. The molecule has 0 heterocycles. The Balaban J connectivity index is 1.79. The van der Waals surface area contributed by atoms with E-state index in [1.807, 2.05) is 0 Å². The van der Waals surface area contributed by atoms with Gasteiger partial charge in [0.2, 0.25) is 0 Å². The van der Waals surface area contributed by atoms with E-state index < -0.39 is 0 Å². The van der Waals surface area contributed by atoms with Gasteiger partial charge in [0.25, 0.3) is 0 Å². The molecule has 1 fully saturated rings. The minimum Gasteiger partial charge on any atom is -0.377 e. The Bertz CT molecular complexity index is 130. The third-order valence-corrected chi connectivity index (χ3v) is 2.83. The minimum atomic E-state index is 0.571.